The molecule has 0 bridgehead atoms. The minimum absolute atomic E-state index is 0.492. The van der Waals surface area contributed by atoms with Crippen molar-refractivity contribution in [3.8, 4) is 0 Å². The lowest BCUT2D eigenvalue weighted by molar-refractivity contribution is -0.129. The van der Waals surface area contributed by atoms with Crippen molar-refractivity contribution in [1.82, 2.24) is 10.2 Å². The standard InChI is InChI=1S/C5H6N2O3S/c1-2(8)7-4(11)3(9)6-5(7)10/h4,11H,1H3,(H,6,9,10). The highest BCUT2D eigenvalue weighted by Gasteiger charge is 2.38. The Morgan fingerprint density at radius 2 is 2.18 bits per heavy atom. The Labute approximate surface area is 68.1 Å². The summed E-state index contributed by atoms with van der Waals surface area (Å²) in [5.74, 6) is -1.05. The minimum Gasteiger partial charge on any atom is -0.275 e. The maximum Gasteiger partial charge on any atom is 0.332 e. The molecule has 0 aromatic heterocycles. The smallest absolute Gasteiger partial charge is 0.275 e. The van der Waals surface area contributed by atoms with Crippen molar-refractivity contribution in [1.29, 1.82) is 0 Å². The van der Waals surface area contributed by atoms with E-state index >= 15 is 0 Å². The van der Waals surface area contributed by atoms with E-state index in [1.165, 1.54) is 6.92 Å². The Morgan fingerprint density at radius 1 is 1.64 bits per heavy atom. The number of hydrogen-bond donors (Lipinski definition) is 2. The van der Waals surface area contributed by atoms with Gasteiger partial charge in [0, 0.05) is 6.92 Å². The number of amides is 4. The second-order valence-corrected chi connectivity index (χ2v) is 2.55. The Hall–Kier alpha value is -1.04. The first-order valence-corrected chi connectivity index (χ1v) is 3.38. The van der Waals surface area contributed by atoms with Crippen LogP contribution in [0.15, 0.2) is 0 Å². The van der Waals surface area contributed by atoms with Crippen LogP contribution < -0.4 is 5.32 Å². The molecular weight excluding hydrogens is 168 g/mol. The molecule has 1 heterocycles. The molecule has 0 aromatic carbocycles. The molecule has 11 heavy (non-hydrogen) atoms. The van der Waals surface area contributed by atoms with Gasteiger partial charge in [0.15, 0.2) is 5.37 Å². The van der Waals surface area contributed by atoms with Crippen LogP contribution in [-0.4, -0.2) is 28.1 Å². The molecule has 60 valence electrons. The predicted molar refractivity (Wildman–Crippen MR) is 38.8 cm³/mol. The number of nitrogens with zero attached hydrogens (tertiary/aromatic N) is 1. The summed E-state index contributed by atoms with van der Waals surface area (Å²) in [6, 6.07) is -0.706. The molecule has 1 fully saturated rings. The van der Waals surface area contributed by atoms with E-state index in [9.17, 15) is 14.4 Å². The van der Waals surface area contributed by atoms with Crippen LogP contribution in [0.25, 0.3) is 0 Å². The summed E-state index contributed by atoms with van der Waals surface area (Å²) in [7, 11) is 0. The lowest BCUT2D eigenvalue weighted by Gasteiger charge is -2.11. The molecule has 5 nitrogen and oxygen atoms in total. The Morgan fingerprint density at radius 3 is 2.36 bits per heavy atom. The first-order valence-electron chi connectivity index (χ1n) is 2.86. The molecule has 0 saturated carbocycles. The third kappa shape index (κ3) is 1.21. The molecule has 0 aromatic rings. The topological polar surface area (TPSA) is 66.5 Å². The molecule has 6 heteroatoms. The SMILES string of the molecule is CC(=O)N1C(=O)NC(=O)C1S. The molecule has 1 atom stereocenters. The van der Waals surface area contributed by atoms with E-state index in [0.29, 0.717) is 0 Å². The van der Waals surface area contributed by atoms with Crippen LogP contribution in [0.2, 0.25) is 0 Å². The molecule has 1 saturated heterocycles. The Balaban J connectivity index is 2.88. The molecule has 1 aliphatic heterocycles. The number of carbonyl (C=O) groups is 3. The summed E-state index contributed by atoms with van der Waals surface area (Å²) < 4.78 is 0. The number of imide groups is 2. The fraction of sp³-hybridized carbons (Fsp3) is 0.400. The molecule has 1 unspecified atom stereocenters. The van der Waals surface area contributed by atoms with Gasteiger partial charge in [-0.3, -0.25) is 14.9 Å². The maximum absolute atomic E-state index is 10.8. The van der Waals surface area contributed by atoms with E-state index in [0.717, 1.165) is 4.90 Å². The monoisotopic (exact) mass is 174 g/mol. The number of thiol groups is 1. The summed E-state index contributed by atoms with van der Waals surface area (Å²) in [5.41, 5.74) is 0. The van der Waals surface area contributed by atoms with Gasteiger partial charge in [-0.1, -0.05) is 0 Å². The van der Waals surface area contributed by atoms with Crippen LogP contribution in [0, 0.1) is 0 Å². The first-order chi connectivity index (χ1) is 5.04. The number of hydrogen-bond acceptors (Lipinski definition) is 4. The molecule has 0 aliphatic carbocycles. The van der Waals surface area contributed by atoms with E-state index < -0.39 is 23.2 Å². The summed E-state index contributed by atoms with van der Waals surface area (Å²) >= 11 is 3.75. The zero-order chi connectivity index (χ0) is 8.59. The van der Waals surface area contributed by atoms with Crippen LogP contribution >= 0.6 is 12.6 Å². The second-order valence-electron chi connectivity index (χ2n) is 2.06. The van der Waals surface area contributed by atoms with Gasteiger partial charge in [0.2, 0.25) is 5.91 Å². The molecule has 1 aliphatic rings. The molecule has 4 amide bonds. The predicted octanol–water partition coefficient (Wildman–Crippen LogP) is -0.659. The van der Waals surface area contributed by atoms with Gasteiger partial charge in [-0.25, -0.2) is 9.69 Å². The molecular formula is C5H6N2O3S. The van der Waals surface area contributed by atoms with Crippen molar-refractivity contribution in [3.05, 3.63) is 0 Å². The van der Waals surface area contributed by atoms with Crippen molar-refractivity contribution < 1.29 is 14.4 Å². The quantitative estimate of drug-likeness (QED) is 0.378. The van der Waals surface area contributed by atoms with Crippen molar-refractivity contribution in [2.24, 2.45) is 0 Å². The van der Waals surface area contributed by atoms with E-state index in [2.05, 4.69) is 12.6 Å². The van der Waals surface area contributed by atoms with Gasteiger partial charge < -0.3 is 0 Å². The van der Waals surface area contributed by atoms with Gasteiger partial charge in [0.05, 0.1) is 0 Å². The van der Waals surface area contributed by atoms with Crippen molar-refractivity contribution in [3.63, 3.8) is 0 Å². The average molecular weight is 174 g/mol. The highest BCUT2D eigenvalue weighted by atomic mass is 32.1. The summed E-state index contributed by atoms with van der Waals surface area (Å²) in [5, 5.41) is 0.977. The lowest BCUT2D eigenvalue weighted by Crippen LogP contribution is -2.35. The summed E-state index contributed by atoms with van der Waals surface area (Å²) in [6.07, 6.45) is 0. The second kappa shape index (κ2) is 2.54. The van der Waals surface area contributed by atoms with E-state index in [1.807, 2.05) is 5.32 Å². The van der Waals surface area contributed by atoms with E-state index in [4.69, 9.17) is 0 Å². The largest absolute Gasteiger partial charge is 0.332 e. The Bertz CT molecular complexity index is 240. The molecule has 0 spiro atoms. The highest BCUT2D eigenvalue weighted by Crippen LogP contribution is 2.11. The molecule has 0 radical (unpaired) electrons. The normalized spacial score (nSPS) is 23.8. The van der Waals surface area contributed by atoms with Gasteiger partial charge >= 0.3 is 6.03 Å². The number of carbonyl (C=O) groups excluding carboxylic acids is 3. The van der Waals surface area contributed by atoms with Crippen molar-refractivity contribution in [2.45, 2.75) is 12.3 Å². The fourth-order valence-electron chi connectivity index (χ4n) is 0.774. The number of nitrogens with one attached hydrogen (secondary N) is 1. The number of urea groups is 1. The van der Waals surface area contributed by atoms with Crippen molar-refractivity contribution in [2.75, 3.05) is 0 Å². The number of rotatable bonds is 0. The van der Waals surface area contributed by atoms with Gasteiger partial charge in [0.25, 0.3) is 5.91 Å². The van der Waals surface area contributed by atoms with E-state index in [1.54, 1.807) is 0 Å². The fourth-order valence-corrected chi connectivity index (χ4v) is 1.11. The zero-order valence-electron chi connectivity index (χ0n) is 5.70. The van der Waals surface area contributed by atoms with Gasteiger partial charge in [-0.05, 0) is 0 Å². The Kier molecular flexibility index (Phi) is 1.86. The van der Waals surface area contributed by atoms with Crippen LogP contribution in [0.5, 0.6) is 0 Å². The summed E-state index contributed by atoms with van der Waals surface area (Å²) in [6.45, 7) is 1.20. The minimum atomic E-state index is -0.972. The average Bonchev–Trinajstić information content (AvgIpc) is 2.07. The van der Waals surface area contributed by atoms with Crippen LogP contribution in [0.4, 0.5) is 4.79 Å². The maximum atomic E-state index is 10.8. The van der Waals surface area contributed by atoms with Crippen LogP contribution in [-0.2, 0) is 9.59 Å². The molecule has 1 N–H and O–H groups in total. The zero-order valence-corrected chi connectivity index (χ0v) is 6.59. The molecule has 1 rings (SSSR count). The summed E-state index contributed by atoms with van der Waals surface area (Å²) in [4.78, 5) is 32.9. The van der Waals surface area contributed by atoms with E-state index in [-0.39, 0.29) is 0 Å². The van der Waals surface area contributed by atoms with Crippen molar-refractivity contribution >= 4 is 30.5 Å². The van der Waals surface area contributed by atoms with Gasteiger partial charge in [-0.2, -0.15) is 0 Å². The lowest BCUT2D eigenvalue weighted by atomic mass is 10.5. The highest BCUT2D eigenvalue weighted by molar-refractivity contribution is 7.81. The van der Waals surface area contributed by atoms with Crippen LogP contribution in [0.1, 0.15) is 6.92 Å². The first kappa shape index (κ1) is 8.06. The van der Waals surface area contributed by atoms with Crippen LogP contribution in [0.3, 0.4) is 0 Å². The third-order valence-electron chi connectivity index (χ3n) is 1.27. The van der Waals surface area contributed by atoms with Gasteiger partial charge in [-0.15, -0.1) is 12.6 Å². The third-order valence-corrected chi connectivity index (χ3v) is 1.73. The van der Waals surface area contributed by atoms with Gasteiger partial charge in [0.1, 0.15) is 0 Å².